The zero-order valence-electron chi connectivity index (χ0n) is 38.7. The van der Waals surface area contributed by atoms with Crippen LogP contribution in [-0.4, -0.2) is 213 Å². The van der Waals surface area contributed by atoms with E-state index >= 15 is 0 Å². The Bertz CT molecular complexity index is 2420. The maximum atomic E-state index is 12.9. The van der Waals surface area contributed by atoms with Crippen LogP contribution in [-0.2, 0) is 68.9 Å². The lowest BCUT2D eigenvalue weighted by atomic mass is 9.99. The predicted molar refractivity (Wildman–Crippen MR) is 242 cm³/mol. The van der Waals surface area contributed by atoms with Crippen LogP contribution >= 0.6 is 27.4 Å². The summed E-state index contributed by atoms with van der Waals surface area (Å²) in [6.07, 6.45) is -10.4. The summed E-state index contributed by atoms with van der Waals surface area (Å²) in [6.45, 7) is 2.63. The molecule has 11 N–H and O–H groups in total. The van der Waals surface area contributed by atoms with E-state index in [-0.39, 0.29) is 67.4 Å². The standard InChI is InChI=1S/C38H60N10O21P2S/c1-20-41-34-28(35(55)42-20)40-19-48(34)36-32(53)30(51)24(66-36)17-65-70(57,58)69-71(59,60)68-37-33(54)31(52)29(50)23(67-37)15-47-14-21(45-46-47)16-64-13-12-63-11-10-62-9-8-61-7-6-39-26(49)5-3-2-4-25-27-22(18-72-25)43-38(56)44-27/h14,19,22-25,27,29-33,36-37,50-54H,2-13,15-18H2,1H3,(H,39,49)(H,57,58)(H,59,60)(H,41,42,55)(H2,43,44,56)/t22-,23?,24+,25-,27-,29+,30?,31-,32-,33?,36+,37+/m0/s1. The first-order chi connectivity index (χ1) is 34.4. The smallest absolute Gasteiger partial charge is 0.388 e. The molecule has 14 atom stereocenters. The summed E-state index contributed by atoms with van der Waals surface area (Å²) in [7, 11) is -11.3. The van der Waals surface area contributed by atoms with Crippen LogP contribution in [0.4, 0.5) is 4.79 Å². The first kappa shape index (κ1) is 56.1. The Morgan fingerprint density at radius 1 is 0.889 bits per heavy atom. The number of urea groups is 1. The number of nitrogens with zero attached hydrogens (tertiary/aromatic N) is 6. The third kappa shape index (κ3) is 15.3. The maximum absolute atomic E-state index is 12.9. The molecule has 72 heavy (non-hydrogen) atoms. The third-order valence-electron chi connectivity index (χ3n) is 11.6. The van der Waals surface area contributed by atoms with Crippen molar-refractivity contribution < 1.29 is 95.8 Å². The average Bonchev–Trinajstić information content (AvgIpc) is 4.16. The lowest BCUT2D eigenvalue weighted by Crippen LogP contribution is -2.58. The van der Waals surface area contributed by atoms with Crippen molar-refractivity contribution in [1.29, 1.82) is 0 Å². The monoisotopic (exact) mass is 1090 g/mol. The molecule has 7 heterocycles. The van der Waals surface area contributed by atoms with E-state index in [1.54, 1.807) is 0 Å². The van der Waals surface area contributed by atoms with Crippen molar-refractivity contribution in [2.24, 2.45) is 0 Å². The second-order valence-electron chi connectivity index (χ2n) is 17.0. The van der Waals surface area contributed by atoms with E-state index < -0.39 is 83.1 Å². The van der Waals surface area contributed by atoms with E-state index in [1.807, 2.05) is 11.8 Å². The van der Waals surface area contributed by atoms with Crippen molar-refractivity contribution >= 4 is 50.5 Å². The molecule has 4 fully saturated rings. The highest BCUT2D eigenvalue weighted by atomic mass is 32.2. The highest BCUT2D eigenvalue weighted by Crippen LogP contribution is 2.61. The number of rotatable bonds is 29. The number of hydrogen-bond donors (Lipinski definition) is 11. The number of fused-ring (bicyclic) bond motifs is 2. The number of unbranched alkanes of at least 4 members (excludes halogenated alkanes) is 1. The summed E-state index contributed by atoms with van der Waals surface area (Å²) in [5.41, 5.74) is -0.337. The minimum absolute atomic E-state index is 0.00182. The summed E-state index contributed by atoms with van der Waals surface area (Å²) < 4.78 is 74.9. The molecule has 34 heteroatoms. The Morgan fingerprint density at radius 3 is 2.35 bits per heavy atom. The number of hydrogen-bond acceptors (Lipinski definition) is 24. The van der Waals surface area contributed by atoms with Gasteiger partial charge in [-0.15, -0.1) is 5.10 Å². The van der Waals surface area contributed by atoms with Crippen molar-refractivity contribution in [2.75, 3.05) is 65.2 Å². The summed E-state index contributed by atoms with van der Waals surface area (Å²) in [5, 5.41) is 69.8. The van der Waals surface area contributed by atoms with Crippen molar-refractivity contribution in [3.8, 4) is 0 Å². The molecule has 5 unspecified atom stereocenters. The molecule has 0 bridgehead atoms. The molecule has 4 aliphatic rings. The number of aliphatic hydroxyl groups is 5. The summed E-state index contributed by atoms with van der Waals surface area (Å²) in [4.78, 5) is 67.1. The molecule has 3 aromatic heterocycles. The summed E-state index contributed by atoms with van der Waals surface area (Å²) in [6, 6.07) is 0.269. The van der Waals surface area contributed by atoms with Crippen LogP contribution in [0.1, 0.15) is 43.4 Å². The molecular formula is C38H60N10O21P2S. The van der Waals surface area contributed by atoms with Gasteiger partial charge in [0.15, 0.2) is 23.7 Å². The number of H-pyrrole nitrogens is 1. The molecule has 0 aliphatic carbocycles. The Labute approximate surface area is 413 Å². The predicted octanol–water partition coefficient (Wildman–Crippen LogP) is -3.19. The largest absolute Gasteiger partial charge is 0.483 e. The number of ether oxygens (including phenoxy) is 6. The number of nitrogens with one attached hydrogen (secondary N) is 4. The highest BCUT2D eigenvalue weighted by Gasteiger charge is 2.50. The van der Waals surface area contributed by atoms with E-state index in [0.29, 0.717) is 56.9 Å². The summed E-state index contributed by atoms with van der Waals surface area (Å²) in [5.74, 6) is 1.10. The Morgan fingerprint density at radius 2 is 1.60 bits per heavy atom. The molecule has 4 saturated heterocycles. The molecule has 4 aliphatic heterocycles. The van der Waals surface area contributed by atoms with Gasteiger partial charge in [-0.2, -0.15) is 16.1 Å². The van der Waals surface area contributed by atoms with Crippen LogP contribution in [0.25, 0.3) is 11.2 Å². The van der Waals surface area contributed by atoms with Gasteiger partial charge in [-0.05, 0) is 19.8 Å². The van der Waals surface area contributed by atoms with Gasteiger partial charge in [0.05, 0.1) is 90.6 Å². The number of aliphatic hydroxyl groups excluding tert-OH is 5. The fourth-order valence-electron chi connectivity index (χ4n) is 8.09. The minimum atomic E-state index is -5.71. The van der Waals surface area contributed by atoms with E-state index in [0.717, 1.165) is 35.9 Å². The summed E-state index contributed by atoms with van der Waals surface area (Å²) >= 11 is 1.86. The Kier molecular flexibility index (Phi) is 20.1. The van der Waals surface area contributed by atoms with Gasteiger partial charge in [-0.3, -0.25) is 23.2 Å². The number of phosphoric acid groups is 2. The molecule has 0 spiro atoms. The van der Waals surface area contributed by atoms with Crippen LogP contribution < -0.4 is 21.5 Å². The Hall–Kier alpha value is -3.60. The number of carbonyl (C=O) groups excluding carboxylic acids is 2. The normalized spacial score (nSPS) is 30.0. The van der Waals surface area contributed by atoms with E-state index in [9.17, 15) is 58.8 Å². The van der Waals surface area contributed by atoms with Crippen LogP contribution in [0.3, 0.4) is 0 Å². The minimum Gasteiger partial charge on any atom is -0.388 e. The number of imidazole rings is 1. The van der Waals surface area contributed by atoms with Crippen LogP contribution in [0, 0.1) is 6.92 Å². The van der Waals surface area contributed by atoms with Gasteiger partial charge in [0.2, 0.25) is 5.91 Å². The zero-order valence-corrected chi connectivity index (χ0v) is 41.3. The van der Waals surface area contributed by atoms with Gasteiger partial charge in [0.1, 0.15) is 54.2 Å². The van der Waals surface area contributed by atoms with Crippen molar-refractivity contribution in [2.45, 2.75) is 118 Å². The molecule has 7 rings (SSSR count). The fourth-order valence-corrected chi connectivity index (χ4v) is 11.8. The van der Waals surface area contributed by atoms with Gasteiger partial charge >= 0.3 is 21.7 Å². The zero-order chi connectivity index (χ0) is 51.6. The SMILES string of the molecule is Cc1nc2c(ncn2[C@@H]2O[C@H](COP(=O)(O)OP(=O)(O)O[C@H]3OC(Cn4cc(COCCOCCOCCOCCNC(=O)CCCC[C@@H]5SC[C@@H]6NC(=O)N[C@@H]65)nn4)[C@@H](O)[C@H](O)C3O)C(O)[C@@H]2O)c(=O)[nH]1. The van der Waals surface area contributed by atoms with Crippen molar-refractivity contribution in [3.05, 3.63) is 34.4 Å². The molecule has 3 aromatic rings. The molecular weight excluding hydrogens is 1030 g/mol. The quantitative estimate of drug-likeness (QED) is 0.0185. The topological polar surface area (TPSA) is 423 Å². The lowest BCUT2D eigenvalue weighted by Gasteiger charge is -2.40. The number of aromatic nitrogens is 7. The van der Waals surface area contributed by atoms with Crippen molar-refractivity contribution in [1.82, 2.24) is 50.5 Å². The average molecular weight is 1090 g/mol. The van der Waals surface area contributed by atoms with Gasteiger partial charge in [-0.1, -0.05) is 11.6 Å². The number of carbonyl (C=O) groups is 2. The Balaban J connectivity index is 0.720. The second-order valence-corrected chi connectivity index (χ2v) is 21.3. The lowest BCUT2D eigenvalue weighted by molar-refractivity contribution is -0.278. The molecule has 3 amide bonds. The van der Waals surface area contributed by atoms with Crippen LogP contribution in [0.15, 0.2) is 17.3 Å². The van der Waals surface area contributed by atoms with Crippen LogP contribution in [0.5, 0.6) is 0 Å². The van der Waals surface area contributed by atoms with Gasteiger partial charge in [0.25, 0.3) is 5.56 Å². The molecule has 0 radical (unpaired) electrons. The molecule has 0 aromatic carbocycles. The van der Waals surface area contributed by atoms with E-state index in [4.69, 9.17) is 37.5 Å². The molecule has 0 saturated carbocycles. The number of aromatic amines is 1. The number of aryl methyl sites for hydroxylation is 1. The highest BCUT2D eigenvalue weighted by molar-refractivity contribution is 8.00. The second kappa shape index (κ2) is 25.8. The number of amides is 3. The van der Waals surface area contributed by atoms with Gasteiger partial charge in [0, 0.05) is 24.0 Å². The third-order valence-corrected chi connectivity index (χ3v) is 15.8. The van der Waals surface area contributed by atoms with Crippen LogP contribution in [0.2, 0.25) is 0 Å². The molecule has 404 valence electrons. The van der Waals surface area contributed by atoms with Gasteiger partial charge < -0.3 is 84.7 Å². The fraction of sp³-hybridized carbons (Fsp3) is 0.763. The molecule has 31 nitrogen and oxygen atoms in total. The van der Waals surface area contributed by atoms with E-state index in [1.165, 1.54) is 17.8 Å². The number of phosphoric ester groups is 2. The first-order valence-corrected chi connectivity index (χ1v) is 26.9. The number of thioether (sulfide) groups is 1. The van der Waals surface area contributed by atoms with Gasteiger partial charge in [-0.25, -0.2) is 28.6 Å². The first-order valence-electron chi connectivity index (χ1n) is 22.9. The maximum Gasteiger partial charge on any atom is 0.483 e. The van der Waals surface area contributed by atoms with E-state index in [2.05, 4.69) is 45.5 Å². The van der Waals surface area contributed by atoms with Crippen molar-refractivity contribution in [3.63, 3.8) is 0 Å².